The van der Waals surface area contributed by atoms with Crippen LogP contribution < -0.4 is 9.64 Å². The van der Waals surface area contributed by atoms with E-state index >= 15 is 0 Å². The monoisotopic (exact) mass is 354 g/mol. The van der Waals surface area contributed by atoms with Gasteiger partial charge in [-0.2, -0.15) is 0 Å². The molecule has 2 aromatic rings. The van der Waals surface area contributed by atoms with Crippen molar-refractivity contribution in [2.45, 2.75) is 45.4 Å². The second kappa shape index (κ2) is 6.57. The molecule has 4 heteroatoms. The summed E-state index contributed by atoms with van der Waals surface area (Å²) < 4.78 is 20.3. The van der Waals surface area contributed by atoms with Gasteiger partial charge in [0.1, 0.15) is 23.1 Å². The molecule has 0 bridgehead atoms. The average molecular weight is 354 g/mol. The zero-order valence-corrected chi connectivity index (χ0v) is 15.8. The van der Waals surface area contributed by atoms with Gasteiger partial charge in [0.25, 0.3) is 0 Å². The zero-order chi connectivity index (χ0) is 18.3. The van der Waals surface area contributed by atoms with Gasteiger partial charge in [0.15, 0.2) is 0 Å². The van der Waals surface area contributed by atoms with Crippen LogP contribution in [0.15, 0.2) is 36.5 Å². The summed E-state index contributed by atoms with van der Waals surface area (Å²) in [5.41, 5.74) is 0.476. The molecule has 2 unspecified atom stereocenters. The SMILES string of the molecule is CC(C)(C)c1ccc(Oc2ccnc(N3CC4CCCC4C3)c2)cc1F. The first-order chi connectivity index (χ1) is 12.4. The van der Waals surface area contributed by atoms with Crippen LogP contribution in [0, 0.1) is 17.7 Å². The van der Waals surface area contributed by atoms with E-state index in [1.54, 1.807) is 6.20 Å². The standard InChI is InChI=1S/C22H27FN2O/c1-22(2,3)19-8-7-17(11-20(19)23)26-18-9-10-24-21(12-18)25-13-15-5-4-6-16(15)14-25/h7-12,15-16H,4-6,13-14H2,1-3H3. The molecule has 1 saturated heterocycles. The Bertz CT molecular complexity index is 787. The van der Waals surface area contributed by atoms with Gasteiger partial charge in [0, 0.05) is 31.4 Å². The second-order valence-electron chi connectivity index (χ2n) is 8.70. The third-order valence-corrected chi connectivity index (χ3v) is 5.75. The molecule has 26 heavy (non-hydrogen) atoms. The van der Waals surface area contributed by atoms with E-state index < -0.39 is 0 Å². The van der Waals surface area contributed by atoms with Crippen molar-refractivity contribution < 1.29 is 9.13 Å². The Balaban J connectivity index is 1.50. The molecule has 3 nitrogen and oxygen atoms in total. The Morgan fingerprint density at radius 2 is 1.73 bits per heavy atom. The van der Waals surface area contributed by atoms with Crippen molar-refractivity contribution in [2.75, 3.05) is 18.0 Å². The Morgan fingerprint density at radius 1 is 1.04 bits per heavy atom. The number of rotatable bonds is 3. The number of hydrogen-bond donors (Lipinski definition) is 0. The molecule has 0 amide bonds. The Hall–Kier alpha value is -2.10. The lowest BCUT2D eigenvalue weighted by Crippen LogP contribution is -2.21. The summed E-state index contributed by atoms with van der Waals surface area (Å²) >= 11 is 0. The molecule has 1 aliphatic heterocycles. The molecule has 0 N–H and O–H groups in total. The second-order valence-corrected chi connectivity index (χ2v) is 8.70. The van der Waals surface area contributed by atoms with Gasteiger partial charge < -0.3 is 9.64 Å². The fourth-order valence-corrected chi connectivity index (χ4v) is 4.36. The van der Waals surface area contributed by atoms with E-state index in [9.17, 15) is 4.39 Å². The summed E-state index contributed by atoms with van der Waals surface area (Å²) in [5, 5.41) is 0. The largest absolute Gasteiger partial charge is 0.457 e. The Labute approximate surface area is 155 Å². The number of fused-ring (bicyclic) bond motifs is 1. The third-order valence-electron chi connectivity index (χ3n) is 5.75. The van der Waals surface area contributed by atoms with Crippen LogP contribution in [0.2, 0.25) is 0 Å². The molecular formula is C22H27FN2O. The molecule has 1 aromatic heterocycles. The first-order valence-electron chi connectivity index (χ1n) is 9.59. The van der Waals surface area contributed by atoms with Gasteiger partial charge in [-0.25, -0.2) is 9.37 Å². The molecule has 1 aromatic carbocycles. The maximum atomic E-state index is 14.4. The molecule has 138 valence electrons. The smallest absolute Gasteiger partial charge is 0.132 e. The van der Waals surface area contributed by atoms with E-state index in [1.165, 1.54) is 25.3 Å². The number of nitrogens with zero attached hydrogens (tertiary/aromatic N) is 2. The van der Waals surface area contributed by atoms with Gasteiger partial charge in [-0.1, -0.05) is 33.3 Å². The molecule has 0 spiro atoms. The van der Waals surface area contributed by atoms with Crippen molar-refractivity contribution in [1.29, 1.82) is 0 Å². The van der Waals surface area contributed by atoms with E-state index in [4.69, 9.17) is 4.74 Å². The van der Waals surface area contributed by atoms with Crippen molar-refractivity contribution in [1.82, 2.24) is 4.98 Å². The lowest BCUT2D eigenvalue weighted by Gasteiger charge is -2.21. The highest BCUT2D eigenvalue weighted by Gasteiger charge is 2.36. The Morgan fingerprint density at radius 3 is 2.38 bits per heavy atom. The molecule has 1 aliphatic carbocycles. The van der Waals surface area contributed by atoms with Crippen molar-refractivity contribution in [3.63, 3.8) is 0 Å². The van der Waals surface area contributed by atoms with Gasteiger partial charge in [0.2, 0.25) is 0 Å². The first kappa shape index (κ1) is 17.3. The molecule has 0 radical (unpaired) electrons. The third kappa shape index (κ3) is 3.42. The molecule has 2 heterocycles. The summed E-state index contributed by atoms with van der Waals surface area (Å²) in [6.07, 6.45) is 5.84. The lowest BCUT2D eigenvalue weighted by atomic mass is 9.87. The first-order valence-corrected chi connectivity index (χ1v) is 9.59. The highest BCUT2D eigenvalue weighted by Crippen LogP contribution is 2.39. The van der Waals surface area contributed by atoms with Crippen LogP contribution in [0.3, 0.4) is 0 Å². The van der Waals surface area contributed by atoms with Crippen molar-refractivity contribution in [3.8, 4) is 11.5 Å². The van der Waals surface area contributed by atoms with E-state index in [0.717, 1.165) is 30.7 Å². The average Bonchev–Trinajstić information content (AvgIpc) is 3.15. The van der Waals surface area contributed by atoms with E-state index in [1.807, 2.05) is 45.0 Å². The molecule has 2 aliphatic rings. The molecule has 4 rings (SSSR count). The normalized spacial score (nSPS) is 22.5. The van der Waals surface area contributed by atoms with Crippen LogP contribution in [-0.2, 0) is 5.41 Å². The van der Waals surface area contributed by atoms with Crippen LogP contribution in [-0.4, -0.2) is 18.1 Å². The minimum absolute atomic E-state index is 0.222. The Kier molecular flexibility index (Phi) is 4.37. The predicted octanol–water partition coefficient (Wildman–Crippen LogP) is 5.55. The summed E-state index contributed by atoms with van der Waals surface area (Å²) in [7, 11) is 0. The highest BCUT2D eigenvalue weighted by atomic mass is 19.1. The van der Waals surface area contributed by atoms with E-state index in [-0.39, 0.29) is 11.2 Å². The fraction of sp³-hybridized carbons (Fsp3) is 0.500. The summed E-state index contributed by atoms with van der Waals surface area (Å²) in [5.74, 6) is 3.60. The van der Waals surface area contributed by atoms with Crippen LogP contribution in [0.25, 0.3) is 0 Å². The molecule has 2 atom stereocenters. The summed E-state index contributed by atoms with van der Waals surface area (Å²) in [4.78, 5) is 6.89. The van der Waals surface area contributed by atoms with E-state index in [2.05, 4.69) is 9.88 Å². The number of pyridine rings is 1. The maximum Gasteiger partial charge on any atom is 0.132 e. The summed E-state index contributed by atoms with van der Waals surface area (Å²) in [6.45, 7) is 8.21. The number of halogens is 1. The van der Waals surface area contributed by atoms with Crippen LogP contribution in [0.1, 0.15) is 45.6 Å². The molecule has 1 saturated carbocycles. The number of hydrogen-bond acceptors (Lipinski definition) is 3. The van der Waals surface area contributed by atoms with Gasteiger partial charge in [-0.15, -0.1) is 0 Å². The van der Waals surface area contributed by atoms with Gasteiger partial charge in [0.05, 0.1) is 0 Å². The van der Waals surface area contributed by atoms with Crippen LogP contribution >= 0.6 is 0 Å². The lowest BCUT2D eigenvalue weighted by molar-refractivity contribution is 0.468. The van der Waals surface area contributed by atoms with Crippen LogP contribution in [0.5, 0.6) is 11.5 Å². The van der Waals surface area contributed by atoms with Gasteiger partial charge in [-0.05, 0) is 47.8 Å². The van der Waals surface area contributed by atoms with Crippen molar-refractivity contribution in [2.24, 2.45) is 11.8 Å². The topological polar surface area (TPSA) is 25.4 Å². The minimum atomic E-state index is -0.225. The quantitative estimate of drug-likeness (QED) is 0.723. The summed E-state index contributed by atoms with van der Waals surface area (Å²) in [6, 6.07) is 8.92. The fourth-order valence-electron chi connectivity index (χ4n) is 4.36. The zero-order valence-electron chi connectivity index (χ0n) is 15.8. The predicted molar refractivity (Wildman–Crippen MR) is 102 cm³/mol. The number of benzene rings is 1. The van der Waals surface area contributed by atoms with Gasteiger partial charge in [-0.3, -0.25) is 0 Å². The highest BCUT2D eigenvalue weighted by molar-refractivity contribution is 5.46. The number of aromatic nitrogens is 1. The molecule has 2 fully saturated rings. The van der Waals surface area contributed by atoms with Crippen LogP contribution in [0.4, 0.5) is 10.2 Å². The minimum Gasteiger partial charge on any atom is -0.457 e. The maximum absolute atomic E-state index is 14.4. The number of anilines is 1. The van der Waals surface area contributed by atoms with Gasteiger partial charge >= 0.3 is 0 Å². The van der Waals surface area contributed by atoms with E-state index in [0.29, 0.717) is 17.1 Å². The number of ether oxygens (including phenoxy) is 1. The van der Waals surface area contributed by atoms with Crippen molar-refractivity contribution >= 4 is 5.82 Å². The molecular weight excluding hydrogens is 327 g/mol. The van der Waals surface area contributed by atoms with Crippen molar-refractivity contribution in [3.05, 3.63) is 47.9 Å².